The number of halogens is 2. The Hall–Kier alpha value is -2.22. The van der Waals surface area contributed by atoms with E-state index in [1.54, 1.807) is 24.8 Å². The lowest BCUT2D eigenvalue weighted by Gasteiger charge is -2.36. The molecule has 7 heteroatoms. The molecule has 1 amide bonds. The van der Waals surface area contributed by atoms with Gasteiger partial charge in [-0.3, -0.25) is 9.69 Å². The summed E-state index contributed by atoms with van der Waals surface area (Å²) in [4.78, 5) is 18.0. The molecule has 1 atom stereocenters. The van der Waals surface area contributed by atoms with E-state index >= 15 is 0 Å². The zero-order valence-corrected chi connectivity index (χ0v) is 20.9. The maximum atomic E-state index is 14.3. The van der Waals surface area contributed by atoms with Crippen LogP contribution in [0.5, 0.6) is 5.75 Å². The van der Waals surface area contributed by atoms with Crippen LogP contribution in [0.2, 0.25) is 0 Å². The maximum absolute atomic E-state index is 14.3. The van der Waals surface area contributed by atoms with Crippen LogP contribution in [0.4, 0.5) is 10.1 Å². The van der Waals surface area contributed by atoms with Gasteiger partial charge < -0.3 is 10.1 Å². The minimum absolute atomic E-state index is 0.0546. The minimum Gasteiger partial charge on any atom is -0.496 e. The van der Waals surface area contributed by atoms with Crippen molar-refractivity contribution in [2.75, 3.05) is 25.5 Å². The van der Waals surface area contributed by atoms with Gasteiger partial charge in [-0.2, -0.15) is 0 Å². The summed E-state index contributed by atoms with van der Waals surface area (Å²) in [6.45, 7) is 0.954. The van der Waals surface area contributed by atoms with Crippen molar-refractivity contribution >= 4 is 38.9 Å². The molecule has 0 saturated carbocycles. The Bertz CT molecular complexity index is 1200. The predicted octanol–water partition coefficient (Wildman–Crippen LogP) is 6.12. The number of benzene rings is 2. The Kier molecular flexibility index (Phi) is 6.54. The molecule has 5 rings (SSSR count). The molecule has 172 valence electrons. The van der Waals surface area contributed by atoms with Crippen LogP contribution < -0.4 is 10.1 Å². The summed E-state index contributed by atoms with van der Waals surface area (Å²) >= 11 is 5.16. The number of fused-ring (bicyclic) bond motifs is 3. The number of ether oxygens (including phenoxy) is 1. The van der Waals surface area contributed by atoms with Crippen LogP contribution in [0.3, 0.4) is 0 Å². The van der Waals surface area contributed by atoms with Crippen molar-refractivity contribution in [2.24, 2.45) is 0 Å². The molecule has 33 heavy (non-hydrogen) atoms. The lowest BCUT2D eigenvalue weighted by Crippen LogP contribution is -2.41. The Morgan fingerprint density at radius 2 is 2.00 bits per heavy atom. The van der Waals surface area contributed by atoms with Gasteiger partial charge in [-0.25, -0.2) is 4.39 Å². The normalized spacial score (nSPS) is 17.8. The molecule has 0 fully saturated rings. The van der Waals surface area contributed by atoms with Crippen molar-refractivity contribution in [3.8, 4) is 5.75 Å². The monoisotopic (exact) mass is 528 g/mol. The number of thiophene rings is 1. The number of anilines is 1. The topological polar surface area (TPSA) is 41.6 Å². The van der Waals surface area contributed by atoms with E-state index in [0.29, 0.717) is 4.47 Å². The van der Waals surface area contributed by atoms with Crippen molar-refractivity contribution in [1.29, 1.82) is 0 Å². The molecule has 3 aromatic rings. The van der Waals surface area contributed by atoms with Gasteiger partial charge in [0.2, 0.25) is 5.91 Å². The van der Waals surface area contributed by atoms with E-state index in [1.807, 2.05) is 29.5 Å². The maximum Gasteiger partial charge on any atom is 0.238 e. The standard InChI is InChI=1S/C26H26BrFN2O2S/c1-32-22-8-4-2-7-19(22)25-26-18(17-6-3-5-9-23(17)33-26)12-13-30(25)15-24(31)29-21-11-10-16(27)14-20(21)28/h2,4,7-8,10-11,14,25H,3,5-6,9,12-13,15H2,1H3,(H,29,31). The molecule has 0 saturated heterocycles. The molecule has 1 unspecified atom stereocenters. The third-order valence-electron chi connectivity index (χ3n) is 6.56. The van der Waals surface area contributed by atoms with Gasteiger partial charge in [0.15, 0.2) is 0 Å². The van der Waals surface area contributed by atoms with E-state index in [9.17, 15) is 9.18 Å². The number of methoxy groups -OCH3 is 1. The number of hydrogen-bond donors (Lipinski definition) is 1. The average Bonchev–Trinajstić information content (AvgIpc) is 3.19. The van der Waals surface area contributed by atoms with E-state index in [2.05, 4.69) is 32.2 Å². The Morgan fingerprint density at radius 3 is 2.82 bits per heavy atom. The zero-order valence-electron chi connectivity index (χ0n) is 18.5. The Balaban J connectivity index is 1.48. The van der Waals surface area contributed by atoms with Crippen molar-refractivity contribution in [2.45, 2.75) is 38.1 Å². The van der Waals surface area contributed by atoms with Gasteiger partial charge in [-0.15, -0.1) is 11.3 Å². The number of nitrogens with one attached hydrogen (secondary N) is 1. The smallest absolute Gasteiger partial charge is 0.238 e. The van der Waals surface area contributed by atoms with E-state index in [4.69, 9.17) is 4.74 Å². The van der Waals surface area contributed by atoms with Crippen molar-refractivity contribution in [3.63, 3.8) is 0 Å². The SMILES string of the molecule is COc1ccccc1C1c2sc3c(c2CCN1CC(=O)Nc1ccc(Br)cc1F)CCCC3. The van der Waals surface area contributed by atoms with Crippen LogP contribution in [0.25, 0.3) is 0 Å². The summed E-state index contributed by atoms with van der Waals surface area (Å²) in [5.41, 5.74) is 4.28. The molecule has 2 aliphatic rings. The number of rotatable bonds is 5. The third kappa shape index (κ3) is 4.46. The first-order valence-corrected chi connectivity index (χ1v) is 12.9. The number of para-hydroxylation sites is 1. The minimum atomic E-state index is -0.453. The summed E-state index contributed by atoms with van der Waals surface area (Å²) in [7, 11) is 1.69. The van der Waals surface area contributed by atoms with Gasteiger partial charge in [0.1, 0.15) is 11.6 Å². The van der Waals surface area contributed by atoms with Crippen molar-refractivity contribution in [1.82, 2.24) is 4.90 Å². The van der Waals surface area contributed by atoms with Crippen molar-refractivity contribution in [3.05, 3.63) is 79.2 Å². The van der Waals surface area contributed by atoms with Gasteiger partial charge in [0, 0.05) is 26.3 Å². The first-order valence-electron chi connectivity index (χ1n) is 11.3. The fraction of sp³-hybridized carbons (Fsp3) is 0.346. The van der Waals surface area contributed by atoms with Gasteiger partial charge in [-0.1, -0.05) is 34.1 Å². The highest BCUT2D eigenvalue weighted by Gasteiger charge is 2.36. The number of aryl methyl sites for hydroxylation is 1. The first-order chi connectivity index (χ1) is 16.0. The van der Waals surface area contributed by atoms with Crippen LogP contribution in [-0.4, -0.2) is 31.0 Å². The highest BCUT2D eigenvalue weighted by atomic mass is 79.9. The Labute approximate surface area is 205 Å². The average molecular weight is 529 g/mol. The molecule has 4 nitrogen and oxygen atoms in total. The molecule has 1 aliphatic carbocycles. The number of carbonyl (C=O) groups is 1. The zero-order chi connectivity index (χ0) is 22.9. The van der Waals surface area contributed by atoms with Crippen LogP contribution in [-0.2, 0) is 24.1 Å². The second-order valence-corrected chi connectivity index (χ2v) is 10.6. The largest absolute Gasteiger partial charge is 0.496 e. The summed E-state index contributed by atoms with van der Waals surface area (Å²) in [6.07, 6.45) is 5.74. The number of amides is 1. The summed E-state index contributed by atoms with van der Waals surface area (Å²) in [5.74, 6) is 0.151. The first kappa shape index (κ1) is 22.6. The van der Waals surface area contributed by atoms with E-state index in [1.165, 1.54) is 34.2 Å². The number of nitrogens with zero attached hydrogens (tertiary/aromatic N) is 1. The summed E-state index contributed by atoms with van der Waals surface area (Å²) in [5, 5.41) is 2.75. The summed E-state index contributed by atoms with van der Waals surface area (Å²) in [6, 6.07) is 12.7. The molecule has 1 aromatic heterocycles. The lowest BCUT2D eigenvalue weighted by molar-refractivity contribution is -0.117. The highest BCUT2D eigenvalue weighted by molar-refractivity contribution is 9.10. The quantitative estimate of drug-likeness (QED) is 0.433. The molecule has 0 spiro atoms. The van der Waals surface area contributed by atoms with E-state index in [-0.39, 0.29) is 24.2 Å². The molecular formula is C26H26BrFN2O2S. The molecule has 2 heterocycles. The molecule has 1 N–H and O–H groups in total. The molecular weight excluding hydrogens is 503 g/mol. The predicted molar refractivity (Wildman–Crippen MR) is 134 cm³/mol. The van der Waals surface area contributed by atoms with Crippen LogP contribution >= 0.6 is 27.3 Å². The number of hydrogen-bond acceptors (Lipinski definition) is 4. The van der Waals surface area contributed by atoms with E-state index < -0.39 is 5.82 Å². The van der Waals surface area contributed by atoms with Gasteiger partial charge >= 0.3 is 0 Å². The summed E-state index contributed by atoms with van der Waals surface area (Å²) < 4.78 is 20.6. The van der Waals surface area contributed by atoms with Gasteiger partial charge in [0.25, 0.3) is 0 Å². The number of carbonyl (C=O) groups excluding carboxylic acids is 1. The van der Waals surface area contributed by atoms with Gasteiger partial charge in [-0.05, 0) is 67.5 Å². The molecule has 0 radical (unpaired) electrons. The molecule has 0 bridgehead atoms. The lowest BCUT2D eigenvalue weighted by atomic mass is 9.88. The fourth-order valence-corrected chi connectivity index (χ4v) is 6.99. The molecule has 2 aromatic carbocycles. The molecule has 1 aliphatic heterocycles. The van der Waals surface area contributed by atoms with Crippen LogP contribution in [0.15, 0.2) is 46.9 Å². The second kappa shape index (κ2) is 9.57. The Morgan fingerprint density at radius 1 is 1.18 bits per heavy atom. The van der Waals surface area contributed by atoms with Crippen molar-refractivity contribution < 1.29 is 13.9 Å². The van der Waals surface area contributed by atoms with Crippen LogP contribution in [0, 0.1) is 5.82 Å². The third-order valence-corrected chi connectivity index (χ3v) is 8.44. The van der Waals surface area contributed by atoms with Crippen LogP contribution in [0.1, 0.15) is 45.3 Å². The van der Waals surface area contributed by atoms with E-state index in [0.717, 1.165) is 37.1 Å². The highest BCUT2D eigenvalue weighted by Crippen LogP contribution is 2.46. The van der Waals surface area contributed by atoms with Gasteiger partial charge in [0.05, 0.1) is 25.4 Å². The fourth-order valence-electron chi connectivity index (χ4n) is 5.06. The second-order valence-electron chi connectivity index (χ2n) is 8.59.